The van der Waals surface area contributed by atoms with Crippen LogP contribution in [-0.4, -0.2) is 6.61 Å². The van der Waals surface area contributed by atoms with Gasteiger partial charge in [0.05, 0.1) is 6.61 Å². The Hall–Kier alpha value is -0.930. The molecule has 0 spiro atoms. The lowest BCUT2D eigenvalue weighted by Gasteiger charge is -2.11. The van der Waals surface area contributed by atoms with Crippen LogP contribution in [0.5, 0.6) is 0 Å². The second kappa shape index (κ2) is 7.41. The van der Waals surface area contributed by atoms with E-state index in [1.54, 1.807) is 0 Å². The molecule has 1 unspecified atom stereocenters. The van der Waals surface area contributed by atoms with E-state index in [0.717, 1.165) is 24.2 Å². The zero-order valence-electron chi connectivity index (χ0n) is 10.7. The van der Waals surface area contributed by atoms with Crippen molar-refractivity contribution in [3.05, 3.63) is 35.1 Å². The van der Waals surface area contributed by atoms with Gasteiger partial charge < -0.3 is 10.5 Å². The largest absolute Gasteiger partial charge is 0.376 e. The Morgan fingerprint density at radius 1 is 1.29 bits per heavy atom. The Bertz CT molecular complexity index is 341. The van der Waals surface area contributed by atoms with E-state index in [0.29, 0.717) is 19.1 Å². The van der Waals surface area contributed by atoms with Crippen LogP contribution >= 0.6 is 0 Å². The third kappa shape index (κ3) is 5.29. The Morgan fingerprint density at radius 2 is 2.00 bits per heavy atom. The molecule has 0 radical (unpaired) electrons. The summed E-state index contributed by atoms with van der Waals surface area (Å²) in [5.74, 6) is 0.315. The molecular weight excluding hydrogens is 217 g/mol. The van der Waals surface area contributed by atoms with E-state index in [9.17, 15) is 4.39 Å². The summed E-state index contributed by atoms with van der Waals surface area (Å²) in [5.41, 5.74) is 7.16. The SMILES string of the molecule is CCCC(C)COCc1cc(F)cc(CN)c1. The zero-order valence-corrected chi connectivity index (χ0v) is 10.7. The van der Waals surface area contributed by atoms with E-state index in [1.165, 1.54) is 18.6 Å². The van der Waals surface area contributed by atoms with Crippen LogP contribution < -0.4 is 5.73 Å². The molecule has 1 aromatic rings. The van der Waals surface area contributed by atoms with Gasteiger partial charge in [0.15, 0.2) is 0 Å². The molecule has 1 aromatic carbocycles. The van der Waals surface area contributed by atoms with Crippen molar-refractivity contribution in [2.24, 2.45) is 11.7 Å². The number of nitrogens with two attached hydrogens (primary N) is 1. The summed E-state index contributed by atoms with van der Waals surface area (Å²) in [6.45, 7) is 5.87. The predicted octanol–water partition coefficient (Wildman–Crippen LogP) is 3.24. The van der Waals surface area contributed by atoms with Crippen LogP contribution in [0.1, 0.15) is 37.8 Å². The molecule has 96 valence electrons. The molecule has 1 rings (SSSR count). The van der Waals surface area contributed by atoms with Gasteiger partial charge in [0.25, 0.3) is 0 Å². The fourth-order valence-electron chi connectivity index (χ4n) is 1.87. The van der Waals surface area contributed by atoms with Crippen molar-refractivity contribution in [2.75, 3.05) is 6.61 Å². The van der Waals surface area contributed by atoms with Gasteiger partial charge in [0.2, 0.25) is 0 Å². The first kappa shape index (κ1) is 14.1. The van der Waals surface area contributed by atoms with E-state index in [2.05, 4.69) is 13.8 Å². The van der Waals surface area contributed by atoms with Crippen LogP contribution in [0.25, 0.3) is 0 Å². The molecular formula is C14H22FNO. The third-order valence-corrected chi connectivity index (χ3v) is 2.71. The van der Waals surface area contributed by atoms with Crippen LogP contribution in [0.4, 0.5) is 4.39 Å². The molecule has 0 aliphatic heterocycles. The summed E-state index contributed by atoms with van der Waals surface area (Å²) in [5, 5.41) is 0. The molecule has 0 aromatic heterocycles. The average Bonchev–Trinajstić information content (AvgIpc) is 2.28. The van der Waals surface area contributed by atoms with Crippen molar-refractivity contribution in [2.45, 2.75) is 39.8 Å². The number of benzene rings is 1. The topological polar surface area (TPSA) is 35.2 Å². The highest BCUT2D eigenvalue weighted by Gasteiger charge is 2.03. The highest BCUT2D eigenvalue weighted by atomic mass is 19.1. The third-order valence-electron chi connectivity index (χ3n) is 2.71. The molecule has 0 saturated heterocycles. The summed E-state index contributed by atoms with van der Waals surface area (Å²) in [4.78, 5) is 0. The van der Waals surface area contributed by atoms with E-state index in [4.69, 9.17) is 10.5 Å². The summed E-state index contributed by atoms with van der Waals surface area (Å²) in [7, 11) is 0. The second-order valence-electron chi connectivity index (χ2n) is 4.58. The molecule has 0 heterocycles. The smallest absolute Gasteiger partial charge is 0.123 e. The number of hydrogen-bond donors (Lipinski definition) is 1. The minimum Gasteiger partial charge on any atom is -0.376 e. The van der Waals surface area contributed by atoms with Crippen molar-refractivity contribution < 1.29 is 9.13 Å². The van der Waals surface area contributed by atoms with Crippen LogP contribution in [0.2, 0.25) is 0 Å². The van der Waals surface area contributed by atoms with Gasteiger partial charge in [0, 0.05) is 13.2 Å². The van der Waals surface area contributed by atoms with Crippen LogP contribution in [0.3, 0.4) is 0 Å². The van der Waals surface area contributed by atoms with Gasteiger partial charge in [-0.2, -0.15) is 0 Å². The maximum Gasteiger partial charge on any atom is 0.123 e. The fourth-order valence-corrected chi connectivity index (χ4v) is 1.87. The minimum atomic E-state index is -0.242. The summed E-state index contributed by atoms with van der Waals surface area (Å²) in [6.07, 6.45) is 2.33. The van der Waals surface area contributed by atoms with E-state index in [-0.39, 0.29) is 5.82 Å². The van der Waals surface area contributed by atoms with Gasteiger partial charge in [0.1, 0.15) is 5.82 Å². The molecule has 3 heteroatoms. The van der Waals surface area contributed by atoms with Crippen molar-refractivity contribution >= 4 is 0 Å². The highest BCUT2D eigenvalue weighted by molar-refractivity contribution is 5.24. The van der Waals surface area contributed by atoms with Crippen molar-refractivity contribution in [1.82, 2.24) is 0 Å². The monoisotopic (exact) mass is 239 g/mol. The Balaban J connectivity index is 2.43. The predicted molar refractivity (Wildman–Crippen MR) is 68.0 cm³/mol. The van der Waals surface area contributed by atoms with E-state index >= 15 is 0 Å². The van der Waals surface area contributed by atoms with Gasteiger partial charge in [-0.3, -0.25) is 0 Å². The number of hydrogen-bond acceptors (Lipinski definition) is 2. The first-order chi connectivity index (χ1) is 8.15. The molecule has 2 N–H and O–H groups in total. The molecule has 0 aliphatic rings. The maximum absolute atomic E-state index is 13.2. The minimum absolute atomic E-state index is 0.242. The Morgan fingerprint density at radius 3 is 2.65 bits per heavy atom. The Kier molecular flexibility index (Phi) is 6.16. The van der Waals surface area contributed by atoms with E-state index in [1.807, 2.05) is 6.07 Å². The molecule has 0 bridgehead atoms. The normalized spacial score (nSPS) is 12.7. The number of rotatable bonds is 7. The van der Waals surface area contributed by atoms with Gasteiger partial charge in [-0.1, -0.05) is 26.3 Å². The fraction of sp³-hybridized carbons (Fsp3) is 0.571. The Labute approximate surface area is 103 Å². The second-order valence-corrected chi connectivity index (χ2v) is 4.58. The maximum atomic E-state index is 13.2. The standard InChI is InChI=1S/C14H22FNO/c1-3-4-11(2)9-17-10-13-5-12(8-16)6-14(15)7-13/h5-7,11H,3-4,8-10,16H2,1-2H3. The molecule has 17 heavy (non-hydrogen) atoms. The van der Waals surface area contributed by atoms with Gasteiger partial charge in [-0.25, -0.2) is 4.39 Å². The first-order valence-electron chi connectivity index (χ1n) is 6.21. The summed E-state index contributed by atoms with van der Waals surface area (Å²) >= 11 is 0. The van der Waals surface area contributed by atoms with Crippen LogP contribution in [0, 0.1) is 11.7 Å². The van der Waals surface area contributed by atoms with Gasteiger partial charge in [-0.05, 0) is 35.6 Å². The zero-order chi connectivity index (χ0) is 12.7. The molecule has 2 nitrogen and oxygen atoms in total. The average molecular weight is 239 g/mol. The lowest BCUT2D eigenvalue weighted by Crippen LogP contribution is -2.06. The summed E-state index contributed by atoms with van der Waals surface area (Å²) in [6, 6.07) is 4.86. The quantitative estimate of drug-likeness (QED) is 0.792. The van der Waals surface area contributed by atoms with E-state index < -0.39 is 0 Å². The molecule has 0 aliphatic carbocycles. The van der Waals surface area contributed by atoms with Gasteiger partial charge in [-0.15, -0.1) is 0 Å². The van der Waals surface area contributed by atoms with Crippen LogP contribution in [0.15, 0.2) is 18.2 Å². The van der Waals surface area contributed by atoms with Crippen molar-refractivity contribution in [3.63, 3.8) is 0 Å². The number of ether oxygens (including phenoxy) is 1. The lowest BCUT2D eigenvalue weighted by atomic mass is 10.1. The lowest BCUT2D eigenvalue weighted by molar-refractivity contribution is 0.0891. The molecule has 0 amide bonds. The van der Waals surface area contributed by atoms with Gasteiger partial charge >= 0.3 is 0 Å². The summed E-state index contributed by atoms with van der Waals surface area (Å²) < 4.78 is 18.8. The number of halogens is 1. The van der Waals surface area contributed by atoms with Crippen LogP contribution in [-0.2, 0) is 17.9 Å². The molecule has 0 fully saturated rings. The molecule has 1 atom stereocenters. The first-order valence-corrected chi connectivity index (χ1v) is 6.21. The van der Waals surface area contributed by atoms with Crippen molar-refractivity contribution in [3.8, 4) is 0 Å². The van der Waals surface area contributed by atoms with Crippen molar-refractivity contribution in [1.29, 1.82) is 0 Å². The highest BCUT2D eigenvalue weighted by Crippen LogP contribution is 2.12. The molecule has 0 saturated carbocycles.